The minimum Gasteiger partial charge on any atom is -1.00 e. The third-order valence-electron chi connectivity index (χ3n) is 2.09. The molecular formula is C8H22ClN3O6Pd. The molecule has 1 aliphatic heterocycles. The van der Waals surface area contributed by atoms with Crippen LogP contribution in [0.5, 0.6) is 0 Å². The van der Waals surface area contributed by atoms with Crippen molar-refractivity contribution in [1.82, 2.24) is 0 Å². The quantitative estimate of drug-likeness (QED) is 0.246. The van der Waals surface area contributed by atoms with Crippen LogP contribution in [0.3, 0.4) is 0 Å². The fourth-order valence-corrected chi connectivity index (χ4v) is 1.10. The number of aliphatic hydroxyl groups is 3. The number of aliphatic hydroxyl groups excluding tert-OH is 3. The second-order valence-electron chi connectivity index (χ2n) is 3.36. The van der Waals surface area contributed by atoms with E-state index in [9.17, 15) is 10.2 Å². The van der Waals surface area contributed by atoms with Crippen molar-refractivity contribution in [3.8, 4) is 0 Å². The van der Waals surface area contributed by atoms with Crippen molar-refractivity contribution in [3.63, 3.8) is 0 Å². The van der Waals surface area contributed by atoms with Crippen LogP contribution in [0.15, 0.2) is 0 Å². The molecule has 122 valence electrons. The zero-order valence-electron chi connectivity index (χ0n) is 10.1. The standard InChI is InChI=1S/C6H12NO5.C2H8N2.ClH.H2O.Pd/c7-3-5(10)4(9)2(1-8)12-6(3)11;3-1-2-4;;;/h2-6,8-10H,1,7H2;1-4H2;1H;1H2;/q-1;;;;+2/p-1/t2-,3-,4+,5-,6+;;;;/m1..../s1. The number of hydrogen-bond acceptors (Lipinski definition) is 8. The van der Waals surface area contributed by atoms with Gasteiger partial charge in [-0.3, -0.25) is 0 Å². The van der Waals surface area contributed by atoms with Crippen LogP contribution in [0.25, 0.3) is 0 Å². The molecule has 0 aromatic heterocycles. The van der Waals surface area contributed by atoms with Gasteiger partial charge in [0.05, 0.1) is 12.7 Å². The predicted molar refractivity (Wildman–Crippen MR) is 57.5 cm³/mol. The normalized spacial score (nSPS) is 32.7. The van der Waals surface area contributed by atoms with Crippen LogP contribution in [0.4, 0.5) is 0 Å². The summed E-state index contributed by atoms with van der Waals surface area (Å²) < 4.78 is 4.59. The summed E-state index contributed by atoms with van der Waals surface area (Å²) in [5, 5.41) is 37.8. The SMILES string of the molecule is NCCN.N[C@@H]1[C@@H](O)[C@@H](O)[C@@H](CO)O[C@@H]1[O-].O.[Cl-].[Pd+2]. The molecule has 0 aliphatic carbocycles. The maximum absolute atomic E-state index is 10.9. The molecule has 1 aliphatic rings. The summed E-state index contributed by atoms with van der Waals surface area (Å²) in [5.74, 6) is 0. The van der Waals surface area contributed by atoms with Gasteiger partial charge in [-0.2, -0.15) is 0 Å². The molecule has 11 N–H and O–H groups in total. The Kier molecular flexibility index (Phi) is 22.0. The van der Waals surface area contributed by atoms with Gasteiger partial charge in [0, 0.05) is 25.4 Å². The minimum absolute atomic E-state index is 0. The average Bonchev–Trinajstić information content (AvgIpc) is 2.31. The Bertz CT molecular complexity index is 191. The van der Waals surface area contributed by atoms with Crippen molar-refractivity contribution in [2.75, 3.05) is 19.7 Å². The first-order chi connectivity index (χ1) is 7.49. The van der Waals surface area contributed by atoms with Crippen LogP contribution in [0.1, 0.15) is 0 Å². The first-order valence-electron chi connectivity index (χ1n) is 4.93. The van der Waals surface area contributed by atoms with E-state index in [0.717, 1.165) is 0 Å². The maximum atomic E-state index is 10.9. The largest absolute Gasteiger partial charge is 2.00 e. The Labute approximate surface area is 131 Å². The Balaban J connectivity index is -0.000000144. The fourth-order valence-electron chi connectivity index (χ4n) is 1.10. The Morgan fingerprint density at radius 3 is 1.84 bits per heavy atom. The van der Waals surface area contributed by atoms with Gasteiger partial charge in [-0.1, -0.05) is 0 Å². The van der Waals surface area contributed by atoms with Crippen LogP contribution in [-0.2, 0) is 25.2 Å². The van der Waals surface area contributed by atoms with Gasteiger partial charge in [0.15, 0.2) is 0 Å². The Morgan fingerprint density at radius 1 is 1.11 bits per heavy atom. The molecule has 0 aromatic carbocycles. The molecule has 5 atom stereocenters. The number of hydrogen-bond donors (Lipinski definition) is 6. The minimum atomic E-state index is -1.60. The summed E-state index contributed by atoms with van der Waals surface area (Å²) in [7, 11) is 0. The maximum Gasteiger partial charge on any atom is 2.00 e. The molecule has 0 unspecified atom stereocenters. The van der Waals surface area contributed by atoms with Crippen molar-refractivity contribution >= 4 is 0 Å². The van der Waals surface area contributed by atoms with Crippen molar-refractivity contribution in [2.24, 2.45) is 17.2 Å². The summed E-state index contributed by atoms with van der Waals surface area (Å²) in [6.07, 6.45) is -5.27. The van der Waals surface area contributed by atoms with Crippen molar-refractivity contribution in [2.45, 2.75) is 30.6 Å². The van der Waals surface area contributed by atoms with Gasteiger partial charge in [0.1, 0.15) is 12.2 Å². The number of ether oxygens (including phenoxy) is 1. The molecule has 19 heavy (non-hydrogen) atoms. The fraction of sp³-hybridized carbons (Fsp3) is 1.00. The van der Waals surface area contributed by atoms with Gasteiger partial charge in [-0.05, 0) is 0 Å². The van der Waals surface area contributed by atoms with E-state index in [1.165, 1.54) is 0 Å². The zero-order valence-corrected chi connectivity index (χ0v) is 12.4. The van der Waals surface area contributed by atoms with Crippen LogP contribution < -0.4 is 34.7 Å². The van der Waals surface area contributed by atoms with E-state index in [0.29, 0.717) is 13.1 Å². The zero-order chi connectivity index (χ0) is 12.7. The molecule has 1 rings (SSSR count). The van der Waals surface area contributed by atoms with Gasteiger partial charge in [-0.15, -0.1) is 0 Å². The number of halogens is 1. The summed E-state index contributed by atoms with van der Waals surface area (Å²) >= 11 is 0. The molecule has 9 nitrogen and oxygen atoms in total. The van der Waals surface area contributed by atoms with E-state index in [1.54, 1.807) is 0 Å². The summed E-state index contributed by atoms with van der Waals surface area (Å²) in [6.45, 7) is 0.684. The van der Waals surface area contributed by atoms with E-state index in [-0.39, 0.29) is 38.3 Å². The molecule has 0 bridgehead atoms. The second-order valence-corrected chi connectivity index (χ2v) is 3.36. The van der Waals surface area contributed by atoms with Gasteiger partial charge < -0.3 is 60.2 Å². The van der Waals surface area contributed by atoms with Crippen molar-refractivity contribution < 1.29 is 63.5 Å². The molecule has 0 saturated carbocycles. The third-order valence-corrected chi connectivity index (χ3v) is 2.09. The van der Waals surface area contributed by atoms with Gasteiger partial charge in [0.2, 0.25) is 0 Å². The summed E-state index contributed by atoms with van der Waals surface area (Å²) in [6, 6.07) is -1.15. The number of rotatable bonds is 2. The van der Waals surface area contributed by atoms with Crippen LogP contribution >= 0.6 is 0 Å². The van der Waals surface area contributed by atoms with Crippen LogP contribution in [0, 0.1) is 0 Å². The predicted octanol–water partition coefficient (Wildman–Crippen LogP) is -8.81. The van der Waals surface area contributed by atoms with E-state index in [1.807, 2.05) is 0 Å². The summed E-state index contributed by atoms with van der Waals surface area (Å²) in [4.78, 5) is 0. The molecule has 0 aromatic rings. The van der Waals surface area contributed by atoms with Gasteiger partial charge in [-0.25, -0.2) is 0 Å². The first-order valence-corrected chi connectivity index (χ1v) is 4.93. The molecular weight excluding hydrogens is 376 g/mol. The van der Waals surface area contributed by atoms with Crippen molar-refractivity contribution in [3.05, 3.63) is 0 Å². The van der Waals surface area contributed by atoms with Crippen molar-refractivity contribution in [1.29, 1.82) is 0 Å². The second kappa shape index (κ2) is 15.0. The Morgan fingerprint density at radius 2 is 1.53 bits per heavy atom. The van der Waals surface area contributed by atoms with E-state index in [2.05, 4.69) is 4.74 Å². The van der Waals surface area contributed by atoms with E-state index >= 15 is 0 Å². The van der Waals surface area contributed by atoms with Gasteiger partial charge >= 0.3 is 20.4 Å². The molecule has 0 spiro atoms. The van der Waals surface area contributed by atoms with E-state index < -0.39 is 37.3 Å². The topological polar surface area (TPSA) is 203 Å². The van der Waals surface area contributed by atoms with Crippen LogP contribution in [0.2, 0.25) is 0 Å². The first kappa shape index (κ1) is 27.9. The van der Waals surface area contributed by atoms with E-state index in [4.69, 9.17) is 27.4 Å². The smallest absolute Gasteiger partial charge is 1.00 e. The van der Waals surface area contributed by atoms with Gasteiger partial charge in [0.25, 0.3) is 0 Å². The third kappa shape index (κ3) is 9.20. The summed E-state index contributed by atoms with van der Waals surface area (Å²) in [5.41, 5.74) is 15.0. The molecule has 1 fully saturated rings. The average molecular weight is 398 g/mol. The molecule has 11 heteroatoms. The van der Waals surface area contributed by atoms with Crippen LogP contribution in [-0.4, -0.2) is 71.1 Å². The number of nitrogens with two attached hydrogens (primary N) is 3. The monoisotopic (exact) mass is 397 g/mol. The molecule has 1 heterocycles. The molecule has 0 amide bonds. The molecule has 0 radical (unpaired) electrons. The Hall–Kier alpha value is 0.592. The molecule has 1 saturated heterocycles.